The molecule has 0 radical (unpaired) electrons. The highest BCUT2D eigenvalue weighted by Gasteiger charge is 2.17. The third kappa shape index (κ3) is 2.87. The summed E-state index contributed by atoms with van der Waals surface area (Å²) in [5.74, 6) is -2.95. The number of rotatable bonds is 4. The maximum atomic E-state index is 14.4. The minimum Gasteiger partial charge on any atom is -0.366 e. The van der Waals surface area contributed by atoms with Crippen LogP contribution in [0.5, 0.6) is 0 Å². The molecule has 2 aromatic carbocycles. The highest BCUT2D eigenvalue weighted by Crippen LogP contribution is 2.34. The number of benzene rings is 2. The molecule has 3 aromatic rings. The molecule has 2 amide bonds. The first-order valence-electron chi connectivity index (χ1n) is 7.25. The van der Waals surface area contributed by atoms with E-state index in [1.165, 1.54) is 18.2 Å². The molecule has 7 heteroatoms. The van der Waals surface area contributed by atoms with Gasteiger partial charge < -0.3 is 16.0 Å². The number of aromatic amines is 1. The smallest absolute Gasteiger partial charge is 0.250 e. The largest absolute Gasteiger partial charge is 0.366 e. The van der Waals surface area contributed by atoms with Gasteiger partial charge in [-0.15, -0.1) is 0 Å². The third-order valence-corrected chi connectivity index (χ3v) is 3.78. The lowest BCUT2D eigenvalue weighted by atomic mass is 9.98. The van der Waals surface area contributed by atoms with Gasteiger partial charge in [0.25, 0.3) is 5.91 Å². The Labute approximate surface area is 141 Å². The lowest BCUT2D eigenvalue weighted by Crippen LogP contribution is -2.11. The van der Waals surface area contributed by atoms with Crippen molar-refractivity contribution in [2.45, 2.75) is 0 Å². The molecule has 0 saturated heterocycles. The van der Waals surface area contributed by atoms with Crippen LogP contribution in [0, 0.1) is 11.6 Å². The van der Waals surface area contributed by atoms with E-state index in [1.54, 1.807) is 12.3 Å². The number of aromatic nitrogens is 1. The molecule has 0 saturated carbocycles. The molecule has 0 bridgehead atoms. The Balaban J connectivity index is 2.21. The molecule has 0 aliphatic heterocycles. The minimum atomic E-state index is -0.907. The van der Waals surface area contributed by atoms with E-state index in [4.69, 9.17) is 5.73 Å². The van der Waals surface area contributed by atoms with Gasteiger partial charge in [0.05, 0.1) is 16.8 Å². The molecule has 1 heterocycles. The van der Waals surface area contributed by atoms with E-state index in [-0.39, 0.29) is 16.8 Å². The summed E-state index contributed by atoms with van der Waals surface area (Å²) in [5, 5.41) is 2.83. The molecule has 0 unspecified atom stereocenters. The fourth-order valence-corrected chi connectivity index (χ4v) is 2.63. The molecule has 0 aliphatic carbocycles. The van der Waals surface area contributed by atoms with Gasteiger partial charge in [0.2, 0.25) is 5.91 Å². The Morgan fingerprint density at radius 2 is 1.88 bits per heavy atom. The van der Waals surface area contributed by atoms with Crippen LogP contribution in [0.1, 0.15) is 10.4 Å². The number of H-pyrrole nitrogens is 1. The number of carbonyl (C=O) groups is 2. The molecule has 0 spiro atoms. The highest BCUT2D eigenvalue weighted by atomic mass is 19.1. The number of primary amides is 1. The second-order valence-corrected chi connectivity index (χ2v) is 5.30. The Bertz CT molecular complexity index is 1020. The van der Waals surface area contributed by atoms with Crippen molar-refractivity contribution in [3.63, 3.8) is 0 Å². The number of nitrogens with one attached hydrogen (secondary N) is 2. The van der Waals surface area contributed by atoms with Gasteiger partial charge in [-0.1, -0.05) is 12.6 Å². The van der Waals surface area contributed by atoms with Gasteiger partial charge in [-0.2, -0.15) is 0 Å². The summed E-state index contributed by atoms with van der Waals surface area (Å²) in [6.07, 6.45) is 2.57. The van der Waals surface area contributed by atoms with Crippen LogP contribution in [-0.2, 0) is 4.79 Å². The molecule has 3 rings (SSSR count). The summed E-state index contributed by atoms with van der Waals surface area (Å²) in [5.41, 5.74) is 6.36. The fraction of sp³-hybridized carbons (Fsp3) is 0. The highest BCUT2D eigenvalue weighted by molar-refractivity contribution is 6.09. The molecule has 5 nitrogen and oxygen atoms in total. The molecule has 0 atom stereocenters. The Hall–Kier alpha value is -3.48. The molecular weight excluding hydrogens is 328 g/mol. The minimum absolute atomic E-state index is 0.0707. The van der Waals surface area contributed by atoms with Crippen LogP contribution in [-0.4, -0.2) is 16.8 Å². The van der Waals surface area contributed by atoms with E-state index in [1.807, 2.05) is 0 Å². The number of fused-ring (bicyclic) bond motifs is 1. The molecule has 0 aliphatic rings. The molecule has 4 N–H and O–H groups in total. The van der Waals surface area contributed by atoms with Gasteiger partial charge in [-0.3, -0.25) is 9.59 Å². The normalized spacial score (nSPS) is 10.6. The number of hydrogen-bond acceptors (Lipinski definition) is 2. The average molecular weight is 341 g/mol. The van der Waals surface area contributed by atoms with Crippen molar-refractivity contribution in [1.29, 1.82) is 0 Å². The second kappa shape index (κ2) is 6.20. The topological polar surface area (TPSA) is 88.0 Å². The van der Waals surface area contributed by atoms with Crippen LogP contribution in [0.2, 0.25) is 0 Å². The Morgan fingerprint density at radius 3 is 2.56 bits per heavy atom. The predicted molar refractivity (Wildman–Crippen MR) is 91.0 cm³/mol. The monoisotopic (exact) mass is 341 g/mol. The van der Waals surface area contributed by atoms with Gasteiger partial charge in [0.1, 0.15) is 11.6 Å². The quantitative estimate of drug-likeness (QED) is 0.636. The van der Waals surface area contributed by atoms with Crippen molar-refractivity contribution >= 4 is 28.4 Å². The first-order chi connectivity index (χ1) is 11.9. The van der Waals surface area contributed by atoms with E-state index in [0.29, 0.717) is 22.5 Å². The maximum absolute atomic E-state index is 14.4. The fourth-order valence-electron chi connectivity index (χ4n) is 2.63. The first kappa shape index (κ1) is 16.4. The van der Waals surface area contributed by atoms with Crippen molar-refractivity contribution in [3.05, 3.63) is 66.4 Å². The summed E-state index contributed by atoms with van der Waals surface area (Å²) >= 11 is 0. The summed E-state index contributed by atoms with van der Waals surface area (Å²) < 4.78 is 28.3. The lowest BCUT2D eigenvalue weighted by molar-refractivity contribution is -0.111. The predicted octanol–water partition coefficient (Wildman–Crippen LogP) is 3.34. The third-order valence-electron chi connectivity index (χ3n) is 3.78. The van der Waals surface area contributed by atoms with Gasteiger partial charge in [-0.25, -0.2) is 8.78 Å². The van der Waals surface area contributed by atoms with Crippen molar-refractivity contribution in [2.24, 2.45) is 5.73 Å². The zero-order valence-electron chi connectivity index (χ0n) is 12.9. The van der Waals surface area contributed by atoms with Crippen LogP contribution >= 0.6 is 0 Å². The second-order valence-electron chi connectivity index (χ2n) is 5.30. The van der Waals surface area contributed by atoms with Crippen LogP contribution in [0.4, 0.5) is 14.5 Å². The van der Waals surface area contributed by atoms with Crippen LogP contribution in [0.3, 0.4) is 0 Å². The van der Waals surface area contributed by atoms with Gasteiger partial charge in [0.15, 0.2) is 0 Å². The van der Waals surface area contributed by atoms with Gasteiger partial charge >= 0.3 is 0 Å². The number of hydrogen-bond donors (Lipinski definition) is 3. The van der Waals surface area contributed by atoms with Gasteiger partial charge in [-0.05, 0) is 29.8 Å². The lowest BCUT2D eigenvalue weighted by Gasteiger charge is -2.11. The van der Waals surface area contributed by atoms with E-state index in [9.17, 15) is 18.4 Å². The summed E-state index contributed by atoms with van der Waals surface area (Å²) in [6, 6.07) is 6.52. The van der Waals surface area contributed by atoms with Crippen molar-refractivity contribution in [3.8, 4) is 11.1 Å². The Morgan fingerprint density at radius 1 is 1.12 bits per heavy atom. The molecular formula is C18H13F2N3O2. The number of anilines is 1. The first-order valence-corrected chi connectivity index (χ1v) is 7.25. The van der Waals surface area contributed by atoms with E-state index in [0.717, 1.165) is 6.08 Å². The standard InChI is InChI=1S/C18H13F2N3O2/c1-2-16(24)23-15-7-12(13(19)8-14(15)20)9-3-4-11(18(21)25)17-10(9)5-6-22-17/h2-8,22H,1H2,(H2,21,25)(H,23,24). The zero-order valence-corrected chi connectivity index (χ0v) is 12.9. The number of halogens is 2. The molecule has 126 valence electrons. The molecule has 25 heavy (non-hydrogen) atoms. The molecule has 0 fully saturated rings. The zero-order chi connectivity index (χ0) is 18.1. The van der Waals surface area contributed by atoms with Crippen molar-refractivity contribution in [1.82, 2.24) is 4.98 Å². The van der Waals surface area contributed by atoms with E-state index >= 15 is 0 Å². The van der Waals surface area contributed by atoms with Crippen LogP contribution in [0.25, 0.3) is 22.0 Å². The van der Waals surface area contributed by atoms with Crippen LogP contribution in [0.15, 0.2) is 49.2 Å². The van der Waals surface area contributed by atoms with Gasteiger partial charge in [0, 0.05) is 23.2 Å². The van der Waals surface area contributed by atoms with E-state index in [2.05, 4.69) is 16.9 Å². The SMILES string of the molecule is C=CC(=O)Nc1cc(-c2ccc(C(N)=O)c3[nH]ccc23)c(F)cc1F. The number of carbonyl (C=O) groups excluding carboxylic acids is 2. The number of nitrogens with two attached hydrogens (primary N) is 1. The number of amides is 2. The Kier molecular flexibility index (Phi) is 4.06. The average Bonchev–Trinajstić information content (AvgIpc) is 3.05. The van der Waals surface area contributed by atoms with Crippen molar-refractivity contribution < 1.29 is 18.4 Å². The molecule has 1 aromatic heterocycles. The summed E-state index contributed by atoms with van der Waals surface area (Å²) in [6.45, 7) is 3.29. The van der Waals surface area contributed by atoms with Crippen molar-refractivity contribution in [2.75, 3.05) is 5.32 Å². The van der Waals surface area contributed by atoms with Crippen LogP contribution < -0.4 is 11.1 Å². The van der Waals surface area contributed by atoms with E-state index < -0.39 is 23.4 Å². The summed E-state index contributed by atoms with van der Waals surface area (Å²) in [4.78, 5) is 25.8. The maximum Gasteiger partial charge on any atom is 0.250 e. The summed E-state index contributed by atoms with van der Waals surface area (Å²) in [7, 11) is 0.